The maximum atomic E-state index is 4.18. The van der Waals surface area contributed by atoms with Crippen molar-refractivity contribution in [2.24, 2.45) is 7.05 Å². The molecule has 0 aromatic carbocycles. The number of nitrogens with zero attached hydrogens (tertiary/aromatic N) is 3. The van der Waals surface area contributed by atoms with E-state index in [0.717, 1.165) is 19.6 Å². The summed E-state index contributed by atoms with van der Waals surface area (Å²) in [5, 5.41) is 7.55. The van der Waals surface area contributed by atoms with Crippen LogP contribution in [0.3, 0.4) is 0 Å². The Hall–Kier alpha value is -1.03. The largest absolute Gasteiger partial charge is 0.364 e. The molecular weight excluding hydrogens is 164 g/mol. The van der Waals surface area contributed by atoms with E-state index in [1.165, 1.54) is 5.69 Å². The summed E-state index contributed by atoms with van der Waals surface area (Å²) in [7, 11) is 1.95. The first-order chi connectivity index (χ1) is 6.27. The van der Waals surface area contributed by atoms with Gasteiger partial charge in [-0.2, -0.15) is 5.10 Å². The van der Waals surface area contributed by atoms with E-state index in [1.807, 2.05) is 17.9 Å². The highest BCUT2D eigenvalue weighted by Gasteiger charge is 2.18. The van der Waals surface area contributed by atoms with Gasteiger partial charge in [-0.1, -0.05) is 0 Å². The Bertz CT molecular complexity index is 281. The summed E-state index contributed by atoms with van der Waals surface area (Å²) in [5.74, 6) is 0. The van der Waals surface area contributed by atoms with Crippen LogP contribution in [0.15, 0.2) is 12.4 Å². The van der Waals surface area contributed by atoms with E-state index >= 15 is 0 Å². The van der Waals surface area contributed by atoms with E-state index in [4.69, 9.17) is 0 Å². The molecule has 4 heteroatoms. The number of hydrogen-bond acceptors (Lipinski definition) is 3. The van der Waals surface area contributed by atoms with E-state index in [2.05, 4.69) is 28.4 Å². The van der Waals surface area contributed by atoms with Crippen LogP contribution < -0.4 is 10.2 Å². The standard InChI is InChI=1S/C9H16N4/c1-8-5-10-3-4-13(8)9-6-11-12(2)7-9/h6-8,10H,3-5H2,1-2H3/t8-/m0/s1. The van der Waals surface area contributed by atoms with Crippen molar-refractivity contribution in [3.8, 4) is 0 Å². The molecule has 0 spiro atoms. The third-order valence-electron chi connectivity index (χ3n) is 2.52. The monoisotopic (exact) mass is 180 g/mol. The summed E-state index contributed by atoms with van der Waals surface area (Å²) < 4.78 is 1.85. The zero-order valence-corrected chi connectivity index (χ0v) is 8.20. The molecule has 4 nitrogen and oxygen atoms in total. The zero-order chi connectivity index (χ0) is 9.26. The van der Waals surface area contributed by atoms with Crippen LogP contribution in [0.25, 0.3) is 0 Å². The summed E-state index contributed by atoms with van der Waals surface area (Å²) in [6, 6.07) is 0.568. The number of anilines is 1. The van der Waals surface area contributed by atoms with E-state index in [1.54, 1.807) is 0 Å². The van der Waals surface area contributed by atoms with Crippen LogP contribution in [0.5, 0.6) is 0 Å². The molecule has 1 aromatic heterocycles. The average Bonchev–Trinajstić information content (AvgIpc) is 2.53. The van der Waals surface area contributed by atoms with Crippen molar-refractivity contribution < 1.29 is 0 Å². The van der Waals surface area contributed by atoms with Crippen LogP contribution in [0.2, 0.25) is 0 Å². The number of nitrogens with one attached hydrogen (secondary N) is 1. The first-order valence-corrected chi connectivity index (χ1v) is 4.73. The molecule has 0 saturated carbocycles. The van der Waals surface area contributed by atoms with Crippen LogP contribution in [-0.4, -0.2) is 35.5 Å². The molecule has 1 saturated heterocycles. The highest BCUT2D eigenvalue weighted by molar-refractivity contribution is 5.44. The summed E-state index contributed by atoms with van der Waals surface area (Å²) in [6.45, 7) is 5.44. The molecule has 1 aliphatic heterocycles. The van der Waals surface area contributed by atoms with Crippen molar-refractivity contribution in [2.45, 2.75) is 13.0 Å². The van der Waals surface area contributed by atoms with Gasteiger partial charge < -0.3 is 10.2 Å². The maximum absolute atomic E-state index is 4.18. The first kappa shape index (κ1) is 8.56. The third-order valence-corrected chi connectivity index (χ3v) is 2.52. The van der Waals surface area contributed by atoms with Crippen LogP contribution in [0, 0.1) is 0 Å². The lowest BCUT2D eigenvalue weighted by Gasteiger charge is -2.34. The number of hydrogen-bond donors (Lipinski definition) is 1. The Balaban J connectivity index is 2.14. The fraction of sp³-hybridized carbons (Fsp3) is 0.667. The number of piperazine rings is 1. The molecule has 13 heavy (non-hydrogen) atoms. The van der Waals surface area contributed by atoms with Gasteiger partial charge in [0.1, 0.15) is 0 Å². The van der Waals surface area contributed by atoms with Gasteiger partial charge in [-0.3, -0.25) is 4.68 Å². The minimum absolute atomic E-state index is 0.568. The minimum Gasteiger partial charge on any atom is -0.364 e. The number of rotatable bonds is 1. The molecule has 0 aliphatic carbocycles. The fourth-order valence-corrected chi connectivity index (χ4v) is 1.78. The van der Waals surface area contributed by atoms with Gasteiger partial charge in [0.15, 0.2) is 0 Å². The Morgan fingerprint density at radius 1 is 1.62 bits per heavy atom. The highest BCUT2D eigenvalue weighted by atomic mass is 15.3. The molecule has 0 radical (unpaired) electrons. The van der Waals surface area contributed by atoms with Gasteiger partial charge in [0, 0.05) is 38.9 Å². The SMILES string of the molecule is C[C@H]1CNCCN1c1cnn(C)c1. The average molecular weight is 180 g/mol. The predicted octanol–water partition coefficient (Wildman–Crippen LogP) is 0.218. The minimum atomic E-state index is 0.568. The lowest BCUT2D eigenvalue weighted by atomic mass is 10.2. The second kappa shape index (κ2) is 3.38. The maximum Gasteiger partial charge on any atom is 0.0755 e. The molecular formula is C9H16N4. The summed E-state index contributed by atoms with van der Waals surface area (Å²) in [4.78, 5) is 2.39. The van der Waals surface area contributed by atoms with Gasteiger partial charge in [0.2, 0.25) is 0 Å². The summed E-state index contributed by atoms with van der Waals surface area (Å²) >= 11 is 0. The Morgan fingerprint density at radius 2 is 2.46 bits per heavy atom. The normalized spacial score (nSPS) is 23.5. The van der Waals surface area contributed by atoms with Crippen molar-refractivity contribution in [2.75, 3.05) is 24.5 Å². The van der Waals surface area contributed by atoms with Crippen molar-refractivity contribution >= 4 is 5.69 Å². The van der Waals surface area contributed by atoms with E-state index in [0.29, 0.717) is 6.04 Å². The lowest BCUT2D eigenvalue weighted by molar-refractivity contribution is 0.501. The molecule has 1 fully saturated rings. The predicted molar refractivity (Wildman–Crippen MR) is 52.9 cm³/mol. The van der Waals surface area contributed by atoms with Crippen molar-refractivity contribution in [1.82, 2.24) is 15.1 Å². The molecule has 1 aromatic rings. The molecule has 0 unspecified atom stereocenters. The molecule has 2 heterocycles. The second-order valence-electron chi connectivity index (χ2n) is 3.62. The quantitative estimate of drug-likeness (QED) is 0.671. The molecule has 2 rings (SSSR count). The van der Waals surface area contributed by atoms with Gasteiger partial charge in [0.25, 0.3) is 0 Å². The van der Waals surface area contributed by atoms with E-state index in [9.17, 15) is 0 Å². The molecule has 1 atom stereocenters. The van der Waals surface area contributed by atoms with Crippen LogP contribution in [-0.2, 0) is 7.05 Å². The van der Waals surface area contributed by atoms with Crippen LogP contribution >= 0.6 is 0 Å². The van der Waals surface area contributed by atoms with E-state index < -0.39 is 0 Å². The van der Waals surface area contributed by atoms with Crippen molar-refractivity contribution in [3.63, 3.8) is 0 Å². The van der Waals surface area contributed by atoms with Gasteiger partial charge in [-0.25, -0.2) is 0 Å². The molecule has 1 aliphatic rings. The Kier molecular flexibility index (Phi) is 2.22. The molecule has 0 amide bonds. The highest BCUT2D eigenvalue weighted by Crippen LogP contribution is 2.16. The number of aryl methyl sites for hydroxylation is 1. The van der Waals surface area contributed by atoms with Gasteiger partial charge >= 0.3 is 0 Å². The fourth-order valence-electron chi connectivity index (χ4n) is 1.78. The van der Waals surface area contributed by atoms with Crippen molar-refractivity contribution in [1.29, 1.82) is 0 Å². The lowest BCUT2D eigenvalue weighted by Crippen LogP contribution is -2.49. The molecule has 1 N–H and O–H groups in total. The molecule has 72 valence electrons. The first-order valence-electron chi connectivity index (χ1n) is 4.73. The summed E-state index contributed by atoms with van der Waals surface area (Å²) in [5.41, 5.74) is 1.23. The topological polar surface area (TPSA) is 33.1 Å². The van der Waals surface area contributed by atoms with Crippen LogP contribution in [0.4, 0.5) is 5.69 Å². The molecule has 0 bridgehead atoms. The van der Waals surface area contributed by atoms with Gasteiger partial charge in [-0.15, -0.1) is 0 Å². The van der Waals surface area contributed by atoms with Gasteiger partial charge in [0.05, 0.1) is 11.9 Å². The Morgan fingerprint density at radius 3 is 3.08 bits per heavy atom. The van der Waals surface area contributed by atoms with E-state index in [-0.39, 0.29) is 0 Å². The van der Waals surface area contributed by atoms with Crippen LogP contribution in [0.1, 0.15) is 6.92 Å². The van der Waals surface area contributed by atoms with Gasteiger partial charge in [-0.05, 0) is 6.92 Å². The summed E-state index contributed by atoms with van der Waals surface area (Å²) in [6.07, 6.45) is 4.00. The second-order valence-corrected chi connectivity index (χ2v) is 3.62. The smallest absolute Gasteiger partial charge is 0.0755 e. The zero-order valence-electron chi connectivity index (χ0n) is 8.20. The van der Waals surface area contributed by atoms with Crippen molar-refractivity contribution in [3.05, 3.63) is 12.4 Å². The number of aromatic nitrogens is 2. The third kappa shape index (κ3) is 1.67. The Labute approximate surface area is 78.5 Å².